The van der Waals surface area contributed by atoms with Crippen LogP contribution in [0.5, 0.6) is 0 Å². The van der Waals surface area contributed by atoms with Gasteiger partial charge in [-0.1, -0.05) is 0 Å². The lowest BCUT2D eigenvalue weighted by molar-refractivity contribution is 0.0697. The number of rotatable bonds is 3. The molecule has 20 heavy (non-hydrogen) atoms. The maximum absolute atomic E-state index is 12.2. The number of anilines is 1. The van der Waals surface area contributed by atoms with Crippen LogP contribution in [0.2, 0.25) is 0 Å². The van der Waals surface area contributed by atoms with Gasteiger partial charge in [0.15, 0.2) is 0 Å². The second-order valence-electron chi connectivity index (χ2n) is 3.78. The minimum atomic E-state index is -1.14. The predicted octanol–water partition coefficient (Wildman–Crippen LogP) is 3.40. The number of hydrogen-bond donors (Lipinski definition) is 2. The van der Waals surface area contributed by atoms with Crippen LogP contribution in [0.1, 0.15) is 20.7 Å². The van der Waals surface area contributed by atoms with Gasteiger partial charge in [-0.15, -0.1) is 0 Å². The van der Waals surface area contributed by atoms with Gasteiger partial charge < -0.3 is 10.4 Å². The fourth-order valence-electron chi connectivity index (χ4n) is 1.52. The molecule has 1 aromatic heterocycles. The number of pyridine rings is 1. The summed E-state index contributed by atoms with van der Waals surface area (Å²) < 4.78 is 1.53. The van der Waals surface area contributed by atoms with Gasteiger partial charge in [0.25, 0.3) is 5.91 Å². The normalized spacial score (nSPS) is 10.1. The van der Waals surface area contributed by atoms with Gasteiger partial charge in [0.2, 0.25) is 0 Å². The van der Waals surface area contributed by atoms with Gasteiger partial charge in [0.05, 0.1) is 5.56 Å². The Morgan fingerprint density at radius 2 is 2.00 bits per heavy atom. The summed E-state index contributed by atoms with van der Waals surface area (Å²) in [5, 5.41) is 11.6. The summed E-state index contributed by atoms with van der Waals surface area (Å²) in [6.07, 6.45) is 1.42. The van der Waals surface area contributed by atoms with Crippen molar-refractivity contribution in [3.8, 4) is 0 Å². The number of carboxylic acids is 1. The van der Waals surface area contributed by atoms with Gasteiger partial charge >= 0.3 is 5.97 Å². The highest BCUT2D eigenvalue weighted by Gasteiger charge is 2.16. The zero-order valence-electron chi connectivity index (χ0n) is 9.93. The van der Waals surface area contributed by atoms with Gasteiger partial charge in [0.1, 0.15) is 11.4 Å². The lowest BCUT2D eigenvalue weighted by Crippen LogP contribution is -2.16. The average molecular weight is 447 g/mol. The van der Waals surface area contributed by atoms with Crippen molar-refractivity contribution in [3.63, 3.8) is 0 Å². The fraction of sp³-hybridized carbons (Fsp3) is 0. The van der Waals surface area contributed by atoms with E-state index in [1.165, 1.54) is 18.3 Å². The van der Waals surface area contributed by atoms with Crippen LogP contribution in [0, 0.1) is 3.57 Å². The second-order valence-corrected chi connectivity index (χ2v) is 5.88. The average Bonchev–Trinajstić information content (AvgIpc) is 2.41. The molecule has 0 saturated carbocycles. The Hall–Kier alpha value is -1.48. The lowest BCUT2D eigenvalue weighted by atomic mass is 10.2. The van der Waals surface area contributed by atoms with E-state index in [-0.39, 0.29) is 11.4 Å². The first-order valence-corrected chi connectivity index (χ1v) is 7.31. The molecule has 5 nitrogen and oxygen atoms in total. The number of halogens is 2. The minimum Gasteiger partial charge on any atom is -0.478 e. The standard InChI is InChI=1S/C13H8BrIN2O3/c14-10-4-3-7(15)6-9(10)12(18)17-11-8(13(19)20)2-1-5-16-11/h1-6H,(H,19,20)(H,16,17,18). The van der Waals surface area contributed by atoms with Crippen molar-refractivity contribution in [1.29, 1.82) is 0 Å². The summed E-state index contributed by atoms with van der Waals surface area (Å²) in [7, 11) is 0. The third kappa shape index (κ3) is 3.34. The van der Waals surface area contributed by atoms with E-state index in [9.17, 15) is 9.59 Å². The van der Waals surface area contributed by atoms with Crippen molar-refractivity contribution < 1.29 is 14.7 Å². The number of hydrogen-bond acceptors (Lipinski definition) is 3. The summed E-state index contributed by atoms with van der Waals surface area (Å²) in [4.78, 5) is 27.1. The molecule has 1 heterocycles. The molecule has 1 amide bonds. The number of carbonyl (C=O) groups is 2. The summed E-state index contributed by atoms with van der Waals surface area (Å²) in [5.74, 6) is -1.54. The Labute approximate surface area is 136 Å². The largest absolute Gasteiger partial charge is 0.478 e. The van der Waals surface area contributed by atoms with Gasteiger partial charge in [-0.3, -0.25) is 4.79 Å². The first-order valence-electron chi connectivity index (χ1n) is 5.44. The summed E-state index contributed by atoms with van der Waals surface area (Å²) >= 11 is 5.38. The van der Waals surface area contributed by atoms with Gasteiger partial charge in [0, 0.05) is 14.2 Å². The van der Waals surface area contributed by atoms with Crippen LogP contribution in [0.25, 0.3) is 0 Å². The molecule has 7 heteroatoms. The molecule has 0 radical (unpaired) electrons. The van der Waals surface area contributed by atoms with Gasteiger partial charge in [-0.2, -0.15) is 0 Å². The van der Waals surface area contributed by atoms with E-state index in [0.717, 1.165) is 3.57 Å². The molecule has 0 saturated heterocycles. The van der Waals surface area contributed by atoms with Gasteiger partial charge in [-0.05, 0) is 68.9 Å². The maximum atomic E-state index is 12.2. The van der Waals surface area contributed by atoms with Crippen molar-refractivity contribution in [2.75, 3.05) is 5.32 Å². The van der Waals surface area contributed by atoms with Crippen molar-refractivity contribution in [2.45, 2.75) is 0 Å². The van der Waals surface area contributed by atoms with Crippen LogP contribution in [-0.2, 0) is 0 Å². The number of nitrogens with one attached hydrogen (secondary N) is 1. The van der Waals surface area contributed by atoms with Crippen LogP contribution in [0.4, 0.5) is 5.82 Å². The molecule has 0 aliphatic heterocycles. The maximum Gasteiger partial charge on any atom is 0.339 e. The van der Waals surface area contributed by atoms with Crippen LogP contribution >= 0.6 is 38.5 Å². The number of aromatic carboxylic acids is 1. The molecule has 2 rings (SSSR count). The minimum absolute atomic E-state index is 0.0239. The topological polar surface area (TPSA) is 79.3 Å². The van der Waals surface area contributed by atoms with Gasteiger partial charge in [-0.25, -0.2) is 9.78 Å². The summed E-state index contributed by atoms with van der Waals surface area (Å²) in [6.45, 7) is 0. The number of carbonyl (C=O) groups excluding carboxylic acids is 1. The molecular formula is C13H8BrIN2O3. The monoisotopic (exact) mass is 446 g/mol. The van der Waals surface area contributed by atoms with E-state index in [1.807, 2.05) is 6.07 Å². The van der Waals surface area contributed by atoms with E-state index < -0.39 is 11.9 Å². The summed E-state index contributed by atoms with van der Waals surface area (Å²) in [6, 6.07) is 8.19. The number of nitrogens with zero attached hydrogens (tertiary/aromatic N) is 1. The van der Waals surface area contributed by atoms with E-state index in [1.54, 1.807) is 12.1 Å². The number of aromatic nitrogens is 1. The Kier molecular flexibility index (Phi) is 4.71. The molecule has 0 atom stereocenters. The molecule has 0 spiro atoms. The molecule has 0 aliphatic carbocycles. The highest BCUT2D eigenvalue weighted by Crippen LogP contribution is 2.21. The molecule has 1 aromatic carbocycles. The zero-order chi connectivity index (χ0) is 14.7. The smallest absolute Gasteiger partial charge is 0.339 e. The molecule has 2 aromatic rings. The SMILES string of the molecule is O=C(Nc1ncccc1C(=O)O)c1cc(I)ccc1Br. The predicted molar refractivity (Wildman–Crippen MR) is 86.0 cm³/mol. The van der Waals surface area contributed by atoms with E-state index in [2.05, 4.69) is 48.8 Å². The zero-order valence-corrected chi connectivity index (χ0v) is 13.7. The first-order chi connectivity index (χ1) is 9.49. The van der Waals surface area contributed by atoms with E-state index in [4.69, 9.17) is 5.11 Å². The quantitative estimate of drug-likeness (QED) is 0.708. The molecule has 0 unspecified atom stereocenters. The third-order valence-electron chi connectivity index (χ3n) is 2.44. The molecule has 0 bridgehead atoms. The Bertz CT molecular complexity index is 691. The Balaban J connectivity index is 2.33. The lowest BCUT2D eigenvalue weighted by Gasteiger charge is -2.08. The van der Waals surface area contributed by atoms with Crippen molar-refractivity contribution >= 4 is 56.2 Å². The van der Waals surface area contributed by atoms with Crippen molar-refractivity contribution in [2.24, 2.45) is 0 Å². The summed E-state index contributed by atoms with van der Waals surface area (Å²) in [5.41, 5.74) is 0.362. The molecule has 0 aliphatic rings. The van der Waals surface area contributed by atoms with Crippen LogP contribution < -0.4 is 5.32 Å². The van der Waals surface area contributed by atoms with Crippen LogP contribution in [0.3, 0.4) is 0 Å². The number of benzene rings is 1. The van der Waals surface area contributed by atoms with Crippen molar-refractivity contribution in [1.82, 2.24) is 4.98 Å². The molecule has 102 valence electrons. The van der Waals surface area contributed by atoms with E-state index >= 15 is 0 Å². The highest BCUT2D eigenvalue weighted by atomic mass is 127. The first kappa shape index (κ1) is 14.9. The van der Waals surface area contributed by atoms with Crippen LogP contribution in [-0.4, -0.2) is 22.0 Å². The third-order valence-corrected chi connectivity index (χ3v) is 3.81. The second kappa shape index (κ2) is 6.31. The molecular weight excluding hydrogens is 439 g/mol. The number of amides is 1. The molecule has 0 fully saturated rings. The number of carboxylic acid groups (broad SMARTS) is 1. The Morgan fingerprint density at radius 1 is 1.25 bits per heavy atom. The van der Waals surface area contributed by atoms with Crippen molar-refractivity contribution in [3.05, 3.63) is 55.7 Å². The fourth-order valence-corrected chi connectivity index (χ4v) is 2.44. The highest BCUT2D eigenvalue weighted by molar-refractivity contribution is 14.1. The molecule has 2 N–H and O–H groups in total. The van der Waals surface area contributed by atoms with Crippen LogP contribution in [0.15, 0.2) is 41.0 Å². The Morgan fingerprint density at radius 3 is 2.70 bits per heavy atom. The van der Waals surface area contributed by atoms with E-state index in [0.29, 0.717) is 10.0 Å².